The Labute approximate surface area is 139 Å². The van der Waals surface area contributed by atoms with E-state index >= 15 is 0 Å². The van der Waals surface area contributed by atoms with Crippen molar-refractivity contribution in [2.45, 2.75) is 18.4 Å². The molecule has 1 fully saturated rings. The fourth-order valence-electron chi connectivity index (χ4n) is 2.57. The van der Waals surface area contributed by atoms with E-state index in [1.165, 1.54) is 6.20 Å². The number of ether oxygens (including phenoxy) is 1. The number of rotatable bonds is 3. The van der Waals surface area contributed by atoms with Crippen LogP contribution in [0.3, 0.4) is 0 Å². The fraction of sp³-hybridized carbons (Fsp3) is 0.278. The highest BCUT2D eigenvalue weighted by atomic mass is 16.5. The highest BCUT2D eigenvalue weighted by molar-refractivity contribution is 5.92. The smallest absolute Gasteiger partial charge is 0.272 e. The van der Waals surface area contributed by atoms with Crippen LogP contribution >= 0.6 is 0 Å². The molecule has 2 aromatic rings. The Morgan fingerprint density at radius 1 is 1.21 bits per heavy atom. The molecule has 1 aliphatic rings. The summed E-state index contributed by atoms with van der Waals surface area (Å²) in [6.45, 7) is 0.655. The van der Waals surface area contributed by atoms with Crippen LogP contribution in [0.1, 0.15) is 23.3 Å². The van der Waals surface area contributed by atoms with Crippen molar-refractivity contribution in [3.05, 3.63) is 54.4 Å². The molecule has 0 atom stereocenters. The van der Waals surface area contributed by atoms with Gasteiger partial charge in [0.1, 0.15) is 17.2 Å². The van der Waals surface area contributed by atoms with Crippen molar-refractivity contribution >= 4 is 5.91 Å². The number of hydrogen-bond acceptors (Lipinski definition) is 5. The number of carbonyl (C=O) groups excluding carboxylic acids is 1. The van der Waals surface area contributed by atoms with Gasteiger partial charge in [0.05, 0.1) is 6.07 Å². The van der Waals surface area contributed by atoms with Gasteiger partial charge >= 0.3 is 0 Å². The Balaban J connectivity index is 1.70. The second-order valence-corrected chi connectivity index (χ2v) is 5.73. The number of pyridine rings is 1. The van der Waals surface area contributed by atoms with Crippen molar-refractivity contribution in [3.8, 4) is 17.6 Å². The lowest BCUT2D eigenvalue weighted by Gasteiger charge is -2.33. The van der Waals surface area contributed by atoms with Gasteiger partial charge in [-0.2, -0.15) is 5.26 Å². The molecule has 6 heteroatoms. The van der Waals surface area contributed by atoms with Crippen LogP contribution in [0.5, 0.6) is 11.5 Å². The van der Waals surface area contributed by atoms with Gasteiger partial charge in [-0.25, -0.2) is 0 Å². The van der Waals surface area contributed by atoms with Crippen LogP contribution in [-0.2, 0) is 0 Å². The minimum atomic E-state index is -1.33. The molecule has 0 radical (unpaired) electrons. The third-order valence-corrected chi connectivity index (χ3v) is 4.02. The molecule has 2 heterocycles. The summed E-state index contributed by atoms with van der Waals surface area (Å²) in [6, 6.07) is 14.5. The van der Waals surface area contributed by atoms with Gasteiger partial charge < -0.3 is 14.7 Å². The fourth-order valence-corrected chi connectivity index (χ4v) is 2.57. The summed E-state index contributed by atoms with van der Waals surface area (Å²) in [4.78, 5) is 18.3. The molecule has 1 aromatic heterocycles. The van der Waals surface area contributed by atoms with Gasteiger partial charge in [0.15, 0.2) is 5.60 Å². The molecule has 0 aliphatic carbocycles. The molecule has 1 aromatic carbocycles. The van der Waals surface area contributed by atoms with Crippen molar-refractivity contribution in [1.82, 2.24) is 9.88 Å². The van der Waals surface area contributed by atoms with Gasteiger partial charge in [-0.15, -0.1) is 0 Å². The van der Waals surface area contributed by atoms with Gasteiger partial charge in [0, 0.05) is 38.2 Å². The normalized spacial score (nSPS) is 16.2. The molecule has 3 rings (SSSR count). The first-order valence-corrected chi connectivity index (χ1v) is 7.71. The SMILES string of the molecule is N#CC1(O)CCN(C(=O)c2cc(Oc3ccccc3)ccn2)CC1. The number of piperidine rings is 1. The lowest BCUT2D eigenvalue weighted by Crippen LogP contribution is -2.46. The van der Waals surface area contributed by atoms with Crippen molar-refractivity contribution in [1.29, 1.82) is 5.26 Å². The highest BCUT2D eigenvalue weighted by Crippen LogP contribution is 2.24. The molecule has 1 N–H and O–H groups in total. The summed E-state index contributed by atoms with van der Waals surface area (Å²) >= 11 is 0. The van der Waals surface area contributed by atoms with Crippen LogP contribution < -0.4 is 4.74 Å². The van der Waals surface area contributed by atoms with Gasteiger partial charge in [0.25, 0.3) is 5.91 Å². The molecule has 0 bridgehead atoms. The standard InChI is InChI=1S/C18H17N3O3/c19-13-18(23)7-10-21(11-8-18)17(22)16-12-15(6-9-20-16)24-14-4-2-1-3-5-14/h1-6,9,12,23H,7-8,10-11H2. The van der Waals surface area contributed by atoms with E-state index in [1.807, 2.05) is 36.4 Å². The van der Waals surface area contributed by atoms with Gasteiger partial charge in [-0.1, -0.05) is 18.2 Å². The van der Waals surface area contributed by atoms with E-state index in [1.54, 1.807) is 17.0 Å². The second-order valence-electron chi connectivity index (χ2n) is 5.73. The monoisotopic (exact) mass is 323 g/mol. The zero-order valence-corrected chi connectivity index (χ0v) is 13.1. The highest BCUT2D eigenvalue weighted by Gasteiger charge is 2.34. The Morgan fingerprint density at radius 3 is 2.58 bits per heavy atom. The Bertz CT molecular complexity index is 763. The van der Waals surface area contributed by atoms with Crippen LogP contribution in [-0.4, -0.2) is 39.6 Å². The van der Waals surface area contributed by atoms with Crippen LogP contribution in [0, 0.1) is 11.3 Å². The van der Waals surface area contributed by atoms with Crippen LogP contribution in [0.15, 0.2) is 48.7 Å². The topological polar surface area (TPSA) is 86.5 Å². The quantitative estimate of drug-likeness (QED) is 0.876. The number of nitriles is 1. The molecular formula is C18H17N3O3. The first-order chi connectivity index (χ1) is 11.6. The summed E-state index contributed by atoms with van der Waals surface area (Å²) in [7, 11) is 0. The van der Waals surface area contributed by atoms with Gasteiger partial charge in [-0.05, 0) is 18.2 Å². The number of hydrogen-bond donors (Lipinski definition) is 1. The average molecular weight is 323 g/mol. The van der Waals surface area contributed by atoms with E-state index in [2.05, 4.69) is 4.98 Å². The average Bonchev–Trinajstić information content (AvgIpc) is 2.63. The second kappa shape index (κ2) is 6.69. The van der Waals surface area contributed by atoms with Crippen molar-refractivity contribution in [2.24, 2.45) is 0 Å². The number of benzene rings is 1. The number of para-hydroxylation sites is 1. The molecule has 0 spiro atoms. The molecule has 1 aliphatic heterocycles. The van der Waals surface area contributed by atoms with E-state index in [-0.39, 0.29) is 24.4 Å². The third kappa shape index (κ3) is 3.53. The number of nitrogens with zero attached hydrogens (tertiary/aromatic N) is 3. The number of amides is 1. The van der Waals surface area contributed by atoms with Crippen molar-refractivity contribution in [2.75, 3.05) is 13.1 Å². The molecule has 0 saturated carbocycles. The van der Waals surface area contributed by atoms with E-state index in [9.17, 15) is 9.90 Å². The summed E-state index contributed by atoms with van der Waals surface area (Å²) in [6.07, 6.45) is 2.02. The summed E-state index contributed by atoms with van der Waals surface area (Å²) in [5.41, 5.74) is -1.05. The predicted molar refractivity (Wildman–Crippen MR) is 86.5 cm³/mol. The number of carbonyl (C=O) groups is 1. The van der Waals surface area contributed by atoms with Gasteiger partial charge in [-0.3, -0.25) is 9.78 Å². The van der Waals surface area contributed by atoms with E-state index in [4.69, 9.17) is 10.00 Å². The van der Waals surface area contributed by atoms with Crippen molar-refractivity contribution in [3.63, 3.8) is 0 Å². The van der Waals surface area contributed by atoms with Crippen LogP contribution in [0.2, 0.25) is 0 Å². The Morgan fingerprint density at radius 2 is 1.92 bits per heavy atom. The van der Waals surface area contributed by atoms with E-state index in [0.717, 1.165) is 0 Å². The summed E-state index contributed by atoms with van der Waals surface area (Å²) < 4.78 is 5.71. The number of aromatic nitrogens is 1. The molecule has 6 nitrogen and oxygen atoms in total. The molecule has 1 saturated heterocycles. The van der Waals surface area contributed by atoms with E-state index < -0.39 is 5.60 Å². The Hall–Kier alpha value is -2.91. The summed E-state index contributed by atoms with van der Waals surface area (Å²) in [5, 5.41) is 18.9. The van der Waals surface area contributed by atoms with Crippen LogP contribution in [0.25, 0.3) is 0 Å². The minimum Gasteiger partial charge on any atom is -0.457 e. The van der Waals surface area contributed by atoms with Crippen molar-refractivity contribution < 1.29 is 14.6 Å². The first-order valence-electron chi connectivity index (χ1n) is 7.71. The van der Waals surface area contributed by atoms with E-state index in [0.29, 0.717) is 24.6 Å². The molecular weight excluding hydrogens is 306 g/mol. The maximum atomic E-state index is 12.5. The molecule has 1 amide bonds. The predicted octanol–water partition coefficient (Wildman–Crippen LogP) is 2.36. The zero-order chi connectivity index (χ0) is 17.0. The number of aliphatic hydroxyl groups is 1. The third-order valence-electron chi connectivity index (χ3n) is 4.02. The first kappa shape index (κ1) is 16.0. The minimum absolute atomic E-state index is 0.228. The number of likely N-dealkylation sites (tertiary alicyclic amines) is 1. The Kier molecular flexibility index (Phi) is 4.45. The lowest BCUT2D eigenvalue weighted by atomic mass is 9.93. The summed E-state index contributed by atoms with van der Waals surface area (Å²) in [5.74, 6) is 0.984. The molecule has 122 valence electrons. The maximum Gasteiger partial charge on any atom is 0.272 e. The molecule has 0 unspecified atom stereocenters. The van der Waals surface area contributed by atoms with Gasteiger partial charge in [0.2, 0.25) is 0 Å². The maximum absolute atomic E-state index is 12.5. The largest absolute Gasteiger partial charge is 0.457 e. The molecule has 24 heavy (non-hydrogen) atoms. The lowest BCUT2D eigenvalue weighted by molar-refractivity contribution is 0.0233. The zero-order valence-electron chi connectivity index (χ0n) is 13.1. The van der Waals surface area contributed by atoms with Crippen LogP contribution in [0.4, 0.5) is 0 Å².